The minimum absolute atomic E-state index is 0.00251. The fraction of sp³-hybridized carbons (Fsp3) is 0.348. The Hall–Kier alpha value is -3.07. The number of amides is 1. The van der Waals surface area contributed by atoms with Crippen molar-refractivity contribution < 1.29 is 22.4 Å². The van der Waals surface area contributed by atoms with E-state index in [4.69, 9.17) is 0 Å². The van der Waals surface area contributed by atoms with Crippen LogP contribution in [0.4, 0.5) is 34.6 Å². The average molecular weight is 448 g/mol. The van der Waals surface area contributed by atoms with Crippen LogP contribution >= 0.6 is 0 Å². The maximum Gasteiger partial charge on any atom is 0.418 e. The van der Waals surface area contributed by atoms with Crippen molar-refractivity contribution in [1.29, 1.82) is 0 Å². The van der Waals surface area contributed by atoms with Gasteiger partial charge in [-0.3, -0.25) is 4.79 Å². The van der Waals surface area contributed by atoms with Crippen LogP contribution in [0.2, 0.25) is 0 Å². The smallest absolute Gasteiger partial charge is 0.383 e. The van der Waals surface area contributed by atoms with E-state index in [1.807, 2.05) is 0 Å². The van der Waals surface area contributed by atoms with E-state index < -0.39 is 23.5 Å². The number of piperidine rings is 1. The summed E-state index contributed by atoms with van der Waals surface area (Å²) < 4.78 is 55.1. The predicted molar refractivity (Wildman–Crippen MR) is 117 cm³/mol. The fourth-order valence-electron chi connectivity index (χ4n) is 4.05. The van der Waals surface area contributed by atoms with Crippen molar-refractivity contribution in [3.63, 3.8) is 0 Å². The van der Waals surface area contributed by atoms with E-state index >= 15 is 0 Å². The molecule has 0 aliphatic carbocycles. The van der Waals surface area contributed by atoms with Crippen LogP contribution < -0.4 is 16.0 Å². The maximum atomic E-state index is 14.1. The molecular formula is C23H24F4N4O. The molecule has 0 aromatic heterocycles. The number of fused-ring (bicyclic) bond motifs is 1. The Labute approximate surface area is 183 Å². The normalized spacial score (nSPS) is 17.9. The summed E-state index contributed by atoms with van der Waals surface area (Å²) in [6.07, 6.45) is 0.115. The van der Waals surface area contributed by atoms with Gasteiger partial charge in [-0.1, -0.05) is 12.5 Å². The van der Waals surface area contributed by atoms with E-state index in [1.165, 1.54) is 36.9 Å². The van der Waals surface area contributed by atoms with Crippen LogP contribution in [-0.2, 0) is 11.0 Å². The van der Waals surface area contributed by atoms with E-state index in [1.54, 1.807) is 6.07 Å². The van der Waals surface area contributed by atoms with Gasteiger partial charge in [0.15, 0.2) is 0 Å². The fourth-order valence-corrected chi connectivity index (χ4v) is 4.05. The van der Waals surface area contributed by atoms with Gasteiger partial charge in [0, 0.05) is 36.2 Å². The molecule has 2 aromatic rings. The molecule has 1 saturated heterocycles. The monoisotopic (exact) mass is 448 g/mol. The van der Waals surface area contributed by atoms with Gasteiger partial charge in [0.2, 0.25) is 0 Å². The minimum Gasteiger partial charge on any atom is -0.383 e. The van der Waals surface area contributed by atoms with Crippen LogP contribution in [0, 0.1) is 5.82 Å². The third-order valence-corrected chi connectivity index (χ3v) is 5.68. The van der Waals surface area contributed by atoms with Crippen molar-refractivity contribution in [2.75, 3.05) is 42.1 Å². The average Bonchev–Trinajstić information content (AvgIpc) is 3.09. The van der Waals surface area contributed by atoms with Crippen molar-refractivity contribution in [2.24, 2.45) is 0 Å². The molecule has 0 atom stereocenters. The van der Waals surface area contributed by atoms with Gasteiger partial charge in [0.1, 0.15) is 5.82 Å². The highest BCUT2D eigenvalue weighted by molar-refractivity contribution is 6.31. The molecule has 0 radical (unpaired) electrons. The lowest BCUT2D eigenvalue weighted by molar-refractivity contribution is -0.136. The van der Waals surface area contributed by atoms with Gasteiger partial charge in [0.25, 0.3) is 5.91 Å². The van der Waals surface area contributed by atoms with Gasteiger partial charge in [0.05, 0.1) is 16.8 Å². The Morgan fingerprint density at radius 3 is 2.62 bits per heavy atom. The summed E-state index contributed by atoms with van der Waals surface area (Å²) in [6, 6.07) is 8.09. The maximum absolute atomic E-state index is 14.1. The molecule has 170 valence electrons. The summed E-state index contributed by atoms with van der Waals surface area (Å²) in [4.78, 5) is 14.4. The Bertz CT molecular complexity index is 1030. The molecule has 2 aromatic carbocycles. The summed E-state index contributed by atoms with van der Waals surface area (Å²) in [5, 5.41) is 8.15. The summed E-state index contributed by atoms with van der Waals surface area (Å²) in [5.41, 5.74) is -0.214. The molecule has 2 aliphatic heterocycles. The minimum atomic E-state index is -4.55. The molecule has 1 amide bonds. The topological polar surface area (TPSA) is 56.4 Å². The second-order valence-electron chi connectivity index (χ2n) is 7.91. The number of nitrogens with one attached hydrogen (secondary N) is 3. The third kappa shape index (κ3) is 4.88. The largest absolute Gasteiger partial charge is 0.418 e. The SMILES string of the molecule is O=C1Nc2cccc(F)c2C1=CNc1ccc(NCCN2CCCCC2)c(C(F)(F)F)c1. The van der Waals surface area contributed by atoms with Gasteiger partial charge >= 0.3 is 6.18 Å². The van der Waals surface area contributed by atoms with Crippen LogP contribution in [0.5, 0.6) is 0 Å². The zero-order valence-corrected chi connectivity index (χ0v) is 17.4. The van der Waals surface area contributed by atoms with Crippen molar-refractivity contribution in [3.8, 4) is 0 Å². The standard InChI is InChI=1S/C23H24F4N4O/c24-18-5-4-6-20-21(18)16(22(32)30-20)14-29-15-7-8-19(17(13-15)23(25,26)27)28-9-12-31-10-2-1-3-11-31/h4-8,13-14,28-29H,1-3,9-12H2,(H,30,32). The van der Waals surface area contributed by atoms with Crippen LogP contribution in [0.15, 0.2) is 42.6 Å². The number of hydrogen-bond acceptors (Lipinski definition) is 4. The number of alkyl halides is 3. The highest BCUT2D eigenvalue weighted by Gasteiger charge is 2.34. The van der Waals surface area contributed by atoms with Crippen LogP contribution in [0.1, 0.15) is 30.4 Å². The van der Waals surface area contributed by atoms with E-state index in [0.717, 1.165) is 32.0 Å². The highest BCUT2D eigenvalue weighted by atomic mass is 19.4. The molecule has 32 heavy (non-hydrogen) atoms. The van der Waals surface area contributed by atoms with Gasteiger partial charge in [-0.2, -0.15) is 13.2 Å². The van der Waals surface area contributed by atoms with E-state index in [2.05, 4.69) is 20.9 Å². The number of halogens is 4. The lowest BCUT2D eigenvalue weighted by atomic mass is 10.1. The van der Waals surface area contributed by atoms with E-state index in [0.29, 0.717) is 18.8 Å². The second-order valence-corrected chi connectivity index (χ2v) is 7.91. The van der Waals surface area contributed by atoms with Gasteiger partial charge in [-0.05, 0) is 56.3 Å². The first-order chi connectivity index (χ1) is 15.3. The molecule has 5 nitrogen and oxygen atoms in total. The zero-order valence-electron chi connectivity index (χ0n) is 17.4. The van der Waals surface area contributed by atoms with Crippen molar-refractivity contribution in [2.45, 2.75) is 25.4 Å². The van der Waals surface area contributed by atoms with Crippen molar-refractivity contribution in [1.82, 2.24) is 4.90 Å². The number of rotatable bonds is 6. The third-order valence-electron chi connectivity index (χ3n) is 5.68. The molecule has 3 N–H and O–H groups in total. The molecule has 9 heteroatoms. The van der Waals surface area contributed by atoms with Gasteiger partial charge < -0.3 is 20.9 Å². The number of likely N-dealkylation sites (tertiary alicyclic amines) is 1. The summed E-state index contributed by atoms with van der Waals surface area (Å²) in [7, 11) is 0. The highest BCUT2D eigenvalue weighted by Crippen LogP contribution is 2.37. The molecule has 0 bridgehead atoms. The Kier molecular flexibility index (Phi) is 6.36. The quantitative estimate of drug-likeness (QED) is 0.423. The Balaban J connectivity index is 1.49. The molecule has 2 heterocycles. The number of carbonyl (C=O) groups excluding carboxylic acids is 1. The number of nitrogens with zero attached hydrogens (tertiary/aromatic N) is 1. The predicted octanol–water partition coefficient (Wildman–Crippen LogP) is 5.15. The van der Waals surface area contributed by atoms with Crippen molar-refractivity contribution >= 4 is 28.5 Å². The second kappa shape index (κ2) is 9.20. The number of hydrogen-bond donors (Lipinski definition) is 3. The molecule has 2 aliphatic rings. The zero-order chi connectivity index (χ0) is 22.7. The Morgan fingerprint density at radius 2 is 1.88 bits per heavy atom. The number of anilines is 3. The molecule has 0 saturated carbocycles. The van der Waals surface area contributed by atoms with Crippen molar-refractivity contribution in [3.05, 3.63) is 59.5 Å². The number of benzene rings is 2. The van der Waals surface area contributed by atoms with Crippen LogP contribution in [0.3, 0.4) is 0 Å². The first-order valence-corrected chi connectivity index (χ1v) is 10.6. The van der Waals surface area contributed by atoms with Gasteiger partial charge in [-0.25, -0.2) is 4.39 Å². The first-order valence-electron chi connectivity index (χ1n) is 10.6. The van der Waals surface area contributed by atoms with E-state index in [9.17, 15) is 22.4 Å². The van der Waals surface area contributed by atoms with Crippen LogP contribution in [0.25, 0.3) is 5.57 Å². The van der Waals surface area contributed by atoms with Gasteiger partial charge in [-0.15, -0.1) is 0 Å². The lowest BCUT2D eigenvalue weighted by Gasteiger charge is -2.26. The lowest BCUT2D eigenvalue weighted by Crippen LogP contribution is -2.33. The first kappa shape index (κ1) is 22.1. The molecule has 0 unspecified atom stereocenters. The summed E-state index contributed by atoms with van der Waals surface area (Å²) in [5.74, 6) is -1.11. The molecule has 4 rings (SSSR count). The Morgan fingerprint density at radius 1 is 1.09 bits per heavy atom. The summed E-state index contributed by atoms with van der Waals surface area (Å²) in [6.45, 7) is 3.05. The van der Waals surface area contributed by atoms with E-state index in [-0.39, 0.29) is 22.5 Å². The molecule has 0 spiro atoms. The molecular weight excluding hydrogens is 424 g/mol. The molecule has 1 fully saturated rings. The van der Waals surface area contributed by atoms with Crippen LogP contribution in [-0.4, -0.2) is 37.0 Å². The number of carbonyl (C=O) groups is 1. The summed E-state index contributed by atoms with van der Waals surface area (Å²) >= 11 is 0.